The molecule has 1 aromatic rings. The van der Waals surface area contributed by atoms with Crippen LogP contribution in [0.4, 0.5) is 0 Å². The monoisotopic (exact) mass is 542 g/mol. The van der Waals surface area contributed by atoms with Gasteiger partial charge >= 0.3 is 0 Å². The zero-order valence-corrected chi connectivity index (χ0v) is 25.9. The van der Waals surface area contributed by atoms with Gasteiger partial charge in [-0.15, -0.1) is 0 Å². The molecule has 10 atom stereocenters. The molecule has 0 N–H and O–H groups in total. The first kappa shape index (κ1) is 28.7. The second-order valence-electron chi connectivity index (χ2n) is 14.5. The molecule has 1 aromatic carbocycles. The van der Waals surface area contributed by atoms with E-state index in [2.05, 4.69) is 34.6 Å². The molecule has 4 aliphatic rings. The van der Waals surface area contributed by atoms with E-state index in [1.165, 1.54) is 64.2 Å². The summed E-state index contributed by atoms with van der Waals surface area (Å²) in [5, 5.41) is 0. The van der Waals surface area contributed by atoms with Crippen molar-refractivity contribution in [3.63, 3.8) is 0 Å². The predicted octanol–water partition coefficient (Wildman–Crippen LogP) is 9.19. The third-order valence-corrected chi connectivity index (χ3v) is 14.1. The number of hydrogen-bond acceptors (Lipinski definition) is 3. The summed E-state index contributed by atoms with van der Waals surface area (Å²) in [4.78, 5) is 0.285. The van der Waals surface area contributed by atoms with Crippen LogP contribution in [-0.2, 0) is 14.3 Å². The molecule has 0 bridgehead atoms. The van der Waals surface area contributed by atoms with Crippen molar-refractivity contribution >= 4 is 10.1 Å². The first-order valence-corrected chi connectivity index (χ1v) is 17.4. The highest BCUT2D eigenvalue weighted by molar-refractivity contribution is 7.86. The Morgan fingerprint density at radius 1 is 0.895 bits per heavy atom. The number of fused-ring (bicyclic) bond motifs is 5. The fraction of sp³-hybridized carbons (Fsp3) is 0.824. The Morgan fingerprint density at radius 3 is 2.29 bits per heavy atom. The van der Waals surface area contributed by atoms with Gasteiger partial charge in [-0.25, -0.2) is 0 Å². The maximum atomic E-state index is 13.3. The van der Waals surface area contributed by atoms with E-state index in [-0.39, 0.29) is 10.8 Å². The van der Waals surface area contributed by atoms with E-state index in [1.807, 2.05) is 19.1 Å². The number of rotatable bonds is 8. The molecule has 0 aromatic heterocycles. The van der Waals surface area contributed by atoms with Gasteiger partial charge in [0, 0.05) is 0 Å². The van der Waals surface area contributed by atoms with Crippen molar-refractivity contribution < 1.29 is 12.6 Å². The second kappa shape index (κ2) is 10.8. The first-order chi connectivity index (χ1) is 18.0. The lowest BCUT2D eigenvalue weighted by atomic mass is 9.46. The third-order valence-electron chi connectivity index (χ3n) is 12.6. The fourth-order valence-corrected chi connectivity index (χ4v) is 11.6. The van der Waals surface area contributed by atoms with Crippen LogP contribution < -0.4 is 0 Å². The molecule has 3 nitrogen and oxygen atoms in total. The van der Waals surface area contributed by atoms with Crippen molar-refractivity contribution in [3.05, 3.63) is 29.8 Å². The molecule has 0 heterocycles. The lowest BCUT2D eigenvalue weighted by Gasteiger charge is -2.60. The minimum absolute atomic E-state index is 0.253. The standard InChI is InChI=1S/C34H54O3S/c1-7-8-9-10-24(3)27-19-21-33(5)31(27)18-16-30-29-20-22-34(6,25(4)28(29)15-17-32(30)33)37-38(35,36)26-13-11-23(2)12-14-26/h11-14,24-25,27-32H,7-10,15-22H2,1-6H3/t24-,25-,27+,28-,29-,30-,31+,32+,33+,34-/m0/s1. The van der Waals surface area contributed by atoms with Crippen molar-refractivity contribution in [2.24, 2.45) is 52.8 Å². The van der Waals surface area contributed by atoms with E-state index in [9.17, 15) is 8.42 Å². The van der Waals surface area contributed by atoms with Gasteiger partial charge in [-0.05, 0) is 130 Å². The summed E-state index contributed by atoms with van der Waals surface area (Å²) in [5.41, 5.74) is 0.960. The van der Waals surface area contributed by atoms with E-state index in [0.717, 1.165) is 53.9 Å². The Morgan fingerprint density at radius 2 is 1.58 bits per heavy atom. The Balaban J connectivity index is 1.28. The van der Waals surface area contributed by atoms with E-state index >= 15 is 0 Å². The van der Waals surface area contributed by atoms with Crippen LogP contribution in [0, 0.1) is 59.7 Å². The molecule has 5 rings (SSSR count). The smallest absolute Gasteiger partial charge is 0.260 e. The van der Waals surface area contributed by atoms with Crippen LogP contribution in [0.25, 0.3) is 0 Å². The summed E-state index contributed by atoms with van der Waals surface area (Å²) in [7, 11) is -3.77. The summed E-state index contributed by atoms with van der Waals surface area (Å²) in [6.45, 7) is 13.9. The van der Waals surface area contributed by atoms with Crippen LogP contribution in [0.1, 0.15) is 117 Å². The van der Waals surface area contributed by atoms with Crippen molar-refractivity contribution in [1.29, 1.82) is 0 Å². The fourth-order valence-electron chi connectivity index (χ4n) is 10.3. The average Bonchev–Trinajstić information content (AvgIpc) is 3.24. The van der Waals surface area contributed by atoms with Gasteiger partial charge in [-0.1, -0.05) is 71.1 Å². The molecule has 0 radical (unpaired) electrons. The van der Waals surface area contributed by atoms with Gasteiger partial charge in [0.25, 0.3) is 10.1 Å². The topological polar surface area (TPSA) is 43.4 Å². The van der Waals surface area contributed by atoms with E-state index in [0.29, 0.717) is 11.3 Å². The second-order valence-corrected chi connectivity index (χ2v) is 16.1. The molecular weight excluding hydrogens is 488 g/mol. The molecule has 0 aliphatic heterocycles. The van der Waals surface area contributed by atoms with Crippen molar-refractivity contribution in [2.75, 3.05) is 0 Å². The normalized spacial score (nSPS) is 41.7. The van der Waals surface area contributed by atoms with Crippen LogP contribution in [0.5, 0.6) is 0 Å². The number of benzene rings is 1. The number of aryl methyl sites for hydroxylation is 1. The van der Waals surface area contributed by atoms with Crippen molar-refractivity contribution in [1.82, 2.24) is 0 Å². The summed E-state index contributed by atoms with van der Waals surface area (Å²) >= 11 is 0. The van der Waals surface area contributed by atoms with Gasteiger partial charge in [-0.3, -0.25) is 4.18 Å². The minimum Gasteiger partial charge on any atom is -0.260 e. The largest absolute Gasteiger partial charge is 0.297 e. The SMILES string of the molecule is CCCCC[C@H](C)[C@H]1CC[C@@]2(C)[C@@H]3CC[C@@H]4[C@H](CC[C@](C)(OS(=O)(=O)c5ccc(C)cc5)[C@H]4C)[C@@H]3CC[C@H]12. The molecule has 38 heavy (non-hydrogen) atoms. The Bertz CT molecular complexity index is 1060. The van der Waals surface area contributed by atoms with E-state index in [4.69, 9.17) is 4.18 Å². The number of hydrogen-bond donors (Lipinski definition) is 0. The maximum absolute atomic E-state index is 13.3. The quantitative estimate of drug-likeness (QED) is 0.243. The summed E-state index contributed by atoms with van der Waals surface area (Å²) in [5.74, 6) is 5.99. The molecule has 0 spiro atoms. The molecule has 0 unspecified atom stereocenters. The Hall–Kier alpha value is -0.870. The Labute approximate surface area is 234 Å². The van der Waals surface area contributed by atoms with Gasteiger partial charge in [0.15, 0.2) is 0 Å². The van der Waals surface area contributed by atoms with Crippen LogP contribution in [0.15, 0.2) is 29.2 Å². The molecule has 4 aliphatic carbocycles. The molecule has 4 saturated carbocycles. The van der Waals surface area contributed by atoms with Crippen LogP contribution in [0.2, 0.25) is 0 Å². The van der Waals surface area contributed by atoms with Gasteiger partial charge in [0.05, 0.1) is 10.5 Å². The molecule has 0 saturated heterocycles. The predicted molar refractivity (Wildman–Crippen MR) is 156 cm³/mol. The highest BCUT2D eigenvalue weighted by Gasteiger charge is 2.60. The minimum atomic E-state index is -3.77. The van der Waals surface area contributed by atoms with Gasteiger partial charge in [-0.2, -0.15) is 8.42 Å². The highest BCUT2D eigenvalue weighted by atomic mass is 32.2. The van der Waals surface area contributed by atoms with E-state index in [1.54, 1.807) is 12.1 Å². The summed E-state index contributed by atoms with van der Waals surface area (Å²) in [6, 6.07) is 7.09. The zero-order valence-electron chi connectivity index (χ0n) is 25.0. The number of unbranched alkanes of at least 4 members (excludes halogenated alkanes) is 2. The van der Waals surface area contributed by atoms with Crippen molar-refractivity contribution in [3.8, 4) is 0 Å². The average molecular weight is 543 g/mol. The Kier molecular flexibility index (Phi) is 8.17. The summed E-state index contributed by atoms with van der Waals surface area (Å²) < 4.78 is 32.7. The summed E-state index contributed by atoms with van der Waals surface area (Å²) in [6.07, 6.45) is 15.8. The highest BCUT2D eigenvalue weighted by Crippen LogP contribution is 2.67. The van der Waals surface area contributed by atoms with Gasteiger partial charge in [0.2, 0.25) is 0 Å². The van der Waals surface area contributed by atoms with Crippen molar-refractivity contribution in [2.45, 2.75) is 129 Å². The van der Waals surface area contributed by atoms with Gasteiger partial charge < -0.3 is 0 Å². The van der Waals surface area contributed by atoms with Gasteiger partial charge in [0.1, 0.15) is 0 Å². The third kappa shape index (κ3) is 5.04. The lowest BCUT2D eigenvalue weighted by Crippen LogP contribution is -2.55. The van der Waals surface area contributed by atoms with Crippen LogP contribution >= 0.6 is 0 Å². The lowest BCUT2D eigenvalue weighted by molar-refractivity contribution is -0.128. The molecule has 4 fully saturated rings. The first-order valence-electron chi connectivity index (χ1n) is 16.0. The van der Waals surface area contributed by atoms with Crippen LogP contribution in [0.3, 0.4) is 0 Å². The van der Waals surface area contributed by atoms with Crippen LogP contribution in [-0.4, -0.2) is 14.0 Å². The molecule has 0 amide bonds. The maximum Gasteiger partial charge on any atom is 0.297 e. The molecule has 214 valence electrons. The zero-order chi connectivity index (χ0) is 27.3. The molecular formula is C34H54O3S. The van der Waals surface area contributed by atoms with E-state index < -0.39 is 15.7 Å². The molecule has 4 heteroatoms.